The predicted octanol–water partition coefficient (Wildman–Crippen LogP) is 1.75. The van der Waals surface area contributed by atoms with Gasteiger partial charge in [-0.2, -0.15) is 0 Å². The second-order valence-electron chi connectivity index (χ2n) is 6.64. The molecule has 11 heteroatoms. The predicted molar refractivity (Wildman–Crippen MR) is 112 cm³/mol. The molecule has 1 saturated heterocycles. The van der Waals surface area contributed by atoms with Crippen LogP contribution in [0.1, 0.15) is 27.7 Å². The second kappa shape index (κ2) is 11.3. The minimum Gasteiger partial charge on any atom is -0.463 e. The van der Waals surface area contributed by atoms with E-state index in [0.29, 0.717) is 5.75 Å². The number of rotatable bonds is 7. The number of hydrogen-bond acceptors (Lipinski definition) is 10. The van der Waals surface area contributed by atoms with Gasteiger partial charge in [-0.15, -0.1) is 0 Å². The summed E-state index contributed by atoms with van der Waals surface area (Å²) in [6, 6.07) is 6.94. The molecule has 0 aliphatic carbocycles. The van der Waals surface area contributed by atoms with Gasteiger partial charge < -0.3 is 28.4 Å². The Morgan fingerprint density at radius 3 is 1.84 bits per heavy atom. The second-order valence-corrected chi connectivity index (χ2v) is 7.89. The van der Waals surface area contributed by atoms with Crippen LogP contribution < -0.4 is 4.74 Å². The number of halogens is 1. The van der Waals surface area contributed by atoms with Gasteiger partial charge in [0.25, 0.3) is 0 Å². The standard InChI is InChI=1S/C20H23IO10/c1-10(22)26-9-16-17(27-11(2)23)18(28-12(3)24)19(29-13(4)25)20(31-16)30-15-7-5-14(21)6-8-15/h5-8,16-20H,9H2,1-4H3/t16?,17-,18?,19?,20+/m1/s1. The van der Waals surface area contributed by atoms with Gasteiger partial charge in [0.15, 0.2) is 12.2 Å². The molecule has 0 N–H and O–H groups in total. The molecular formula is C20H23IO10. The molecule has 0 saturated carbocycles. The molecule has 170 valence electrons. The molecule has 31 heavy (non-hydrogen) atoms. The van der Waals surface area contributed by atoms with E-state index in [1.165, 1.54) is 13.8 Å². The lowest BCUT2D eigenvalue weighted by atomic mass is 9.98. The van der Waals surface area contributed by atoms with Crippen LogP contribution in [-0.2, 0) is 42.9 Å². The Kier molecular flexibility index (Phi) is 9.04. The van der Waals surface area contributed by atoms with Crippen LogP contribution in [0.15, 0.2) is 24.3 Å². The summed E-state index contributed by atoms with van der Waals surface area (Å²) in [6.07, 6.45) is -6.06. The largest absolute Gasteiger partial charge is 0.463 e. The average molecular weight is 550 g/mol. The fourth-order valence-electron chi connectivity index (χ4n) is 2.93. The van der Waals surface area contributed by atoms with Crippen LogP contribution in [0, 0.1) is 3.57 Å². The van der Waals surface area contributed by atoms with Gasteiger partial charge in [0.2, 0.25) is 12.4 Å². The van der Waals surface area contributed by atoms with Crippen molar-refractivity contribution >= 4 is 46.5 Å². The van der Waals surface area contributed by atoms with E-state index in [2.05, 4.69) is 22.6 Å². The molecule has 0 amide bonds. The Bertz CT molecular complexity index is 809. The van der Waals surface area contributed by atoms with Crippen molar-refractivity contribution in [3.63, 3.8) is 0 Å². The van der Waals surface area contributed by atoms with Crippen LogP contribution >= 0.6 is 22.6 Å². The number of hydrogen-bond donors (Lipinski definition) is 0. The molecule has 10 nitrogen and oxygen atoms in total. The summed E-state index contributed by atoms with van der Waals surface area (Å²) < 4.78 is 33.7. The van der Waals surface area contributed by atoms with Crippen LogP contribution in [0.2, 0.25) is 0 Å². The number of esters is 4. The van der Waals surface area contributed by atoms with Crippen molar-refractivity contribution in [1.29, 1.82) is 0 Å². The third-order valence-corrected chi connectivity index (χ3v) is 4.73. The van der Waals surface area contributed by atoms with E-state index in [-0.39, 0.29) is 6.61 Å². The number of benzene rings is 1. The van der Waals surface area contributed by atoms with Gasteiger partial charge in [-0.05, 0) is 46.9 Å². The highest BCUT2D eigenvalue weighted by Gasteiger charge is 2.53. The maximum absolute atomic E-state index is 11.8. The molecule has 1 aromatic rings. The maximum Gasteiger partial charge on any atom is 0.303 e. The normalized spacial score (nSPS) is 25.1. The van der Waals surface area contributed by atoms with Crippen LogP contribution in [0.5, 0.6) is 5.75 Å². The van der Waals surface area contributed by atoms with Gasteiger partial charge in [0, 0.05) is 31.3 Å². The van der Waals surface area contributed by atoms with Gasteiger partial charge in [0.05, 0.1) is 0 Å². The number of carbonyl (C=O) groups excluding carboxylic acids is 4. The molecule has 1 aliphatic heterocycles. The van der Waals surface area contributed by atoms with Crippen molar-refractivity contribution < 1.29 is 47.6 Å². The summed E-state index contributed by atoms with van der Waals surface area (Å²) in [4.78, 5) is 46.5. The van der Waals surface area contributed by atoms with Gasteiger partial charge >= 0.3 is 23.9 Å². The third kappa shape index (κ3) is 7.65. The van der Waals surface area contributed by atoms with Crippen molar-refractivity contribution in [2.24, 2.45) is 0 Å². The van der Waals surface area contributed by atoms with Crippen molar-refractivity contribution in [1.82, 2.24) is 0 Å². The Balaban J connectivity index is 2.43. The molecule has 1 heterocycles. The van der Waals surface area contributed by atoms with E-state index in [4.69, 9.17) is 28.4 Å². The summed E-state index contributed by atoms with van der Waals surface area (Å²) in [7, 11) is 0. The van der Waals surface area contributed by atoms with Gasteiger partial charge in [-0.3, -0.25) is 19.2 Å². The fourth-order valence-corrected chi connectivity index (χ4v) is 3.29. The molecule has 0 radical (unpaired) electrons. The SMILES string of the molecule is CC(=O)OCC1O[C@H](Oc2ccc(I)cc2)C(OC(C)=O)C(OC(C)=O)[C@@H]1OC(C)=O. The first-order valence-corrected chi connectivity index (χ1v) is 10.4. The van der Waals surface area contributed by atoms with Crippen molar-refractivity contribution in [3.8, 4) is 5.75 Å². The smallest absolute Gasteiger partial charge is 0.303 e. The average Bonchev–Trinajstić information content (AvgIpc) is 2.65. The lowest BCUT2D eigenvalue weighted by Crippen LogP contribution is -2.63. The zero-order valence-electron chi connectivity index (χ0n) is 17.4. The summed E-state index contributed by atoms with van der Waals surface area (Å²) in [5.41, 5.74) is 0. The molecule has 0 bridgehead atoms. The van der Waals surface area contributed by atoms with Gasteiger partial charge in [-0.25, -0.2) is 0 Å². The molecule has 3 unspecified atom stereocenters. The van der Waals surface area contributed by atoms with Gasteiger partial charge in [0.1, 0.15) is 18.5 Å². The van der Waals surface area contributed by atoms with Crippen molar-refractivity contribution in [2.75, 3.05) is 6.61 Å². The van der Waals surface area contributed by atoms with Crippen molar-refractivity contribution in [2.45, 2.75) is 58.4 Å². The highest BCUT2D eigenvalue weighted by molar-refractivity contribution is 14.1. The molecule has 2 rings (SSSR count). The summed E-state index contributed by atoms with van der Waals surface area (Å²) >= 11 is 2.13. The fraction of sp³-hybridized carbons (Fsp3) is 0.500. The summed E-state index contributed by atoms with van der Waals surface area (Å²) in [5.74, 6) is -2.30. The Morgan fingerprint density at radius 2 is 1.32 bits per heavy atom. The first-order chi connectivity index (χ1) is 14.6. The molecular weight excluding hydrogens is 527 g/mol. The van der Waals surface area contributed by atoms with E-state index in [0.717, 1.165) is 17.4 Å². The minimum atomic E-state index is -1.27. The summed E-state index contributed by atoms with van der Waals surface area (Å²) in [5, 5.41) is 0. The van der Waals surface area contributed by atoms with Crippen LogP contribution in [-0.4, -0.2) is 61.2 Å². The molecule has 5 atom stereocenters. The van der Waals surface area contributed by atoms with E-state index < -0.39 is 54.6 Å². The highest BCUT2D eigenvalue weighted by Crippen LogP contribution is 2.31. The minimum absolute atomic E-state index is 0.315. The third-order valence-electron chi connectivity index (χ3n) is 4.01. The molecule has 1 aliphatic rings. The molecule has 1 fully saturated rings. The quantitative estimate of drug-likeness (QED) is 0.282. The Hall–Kier alpha value is -2.41. The lowest BCUT2D eigenvalue weighted by Gasteiger charge is -2.43. The highest BCUT2D eigenvalue weighted by atomic mass is 127. The zero-order chi connectivity index (χ0) is 23.1. The van der Waals surface area contributed by atoms with Gasteiger partial charge in [-0.1, -0.05) is 0 Å². The van der Waals surface area contributed by atoms with Crippen LogP contribution in [0.25, 0.3) is 0 Å². The Morgan fingerprint density at radius 1 is 0.806 bits per heavy atom. The lowest BCUT2D eigenvalue weighted by molar-refractivity contribution is -0.288. The van der Waals surface area contributed by atoms with Crippen LogP contribution in [0.4, 0.5) is 0 Å². The van der Waals surface area contributed by atoms with E-state index in [1.54, 1.807) is 24.3 Å². The van der Waals surface area contributed by atoms with E-state index in [1.807, 2.05) is 0 Å². The number of ether oxygens (including phenoxy) is 6. The molecule has 1 aromatic carbocycles. The number of carbonyl (C=O) groups is 4. The Labute approximate surface area is 192 Å². The van der Waals surface area contributed by atoms with Crippen LogP contribution in [0.3, 0.4) is 0 Å². The van der Waals surface area contributed by atoms with Crippen molar-refractivity contribution in [3.05, 3.63) is 27.8 Å². The summed E-state index contributed by atoms with van der Waals surface area (Å²) in [6.45, 7) is 4.36. The van der Waals surface area contributed by atoms with E-state index in [9.17, 15) is 19.2 Å². The zero-order valence-corrected chi connectivity index (χ0v) is 19.5. The molecule has 0 spiro atoms. The maximum atomic E-state index is 11.8. The topological polar surface area (TPSA) is 124 Å². The monoisotopic (exact) mass is 550 g/mol. The van der Waals surface area contributed by atoms with E-state index >= 15 is 0 Å². The molecule has 0 aromatic heterocycles. The first-order valence-electron chi connectivity index (χ1n) is 9.29. The first kappa shape index (κ1) is 24.9.